The Morgan fingerprint density at radius 3 is 2.89 bits per heavy atom. The van der Waals surface area contributed by atoms with Crippen molar-refractivity contribution in [1.82, 2.24) is 5.43 Å². The Hall–Kier alpha value is -2.55. The number of nitriles is 1. The lowest BCUT2D eigenvalue weighted by Crippen LogP contribution is -2.48. The van der Waals surface area contributed by atoms with Gasteiger partial charge in [0.15, 0.2) is 0 Å². The van der Waals surface area contributed by atoms with Crippen LogP contribution in [0, 0.1) is 11.3 Å². The minimum Gasteiger partial charge on any atom is -0.461 e. The van der Waals surface area contributed by atoms with Crippen molar-refractivity contribution in [2.45, 2.75) is 12.6 Å². The molecule has 92 valence electrons. The molecule has 0 spiro atoms. The lowest BCUT2D eigenvalue weighted by Gasteiger charge is -2.17. The van der Waals surface area contributed by atoms with Crippen LogP contribution in [0.25, 0.3) is 0 Å². The van der Waals surface area contributed by atoms with E-state index in [4.69, 9.17) is 14.7 Å². The van der Waals surface area contributed by atoms with Gasteiger partial charge in [-0.2, -0.15) is 5.26 Å². The summed E-state index contributed by atoms with van der Waals surface area (Å²) in [6, 6.07) is 10.7. The summed E-state index contributed by atoms with van der Waals surface area (Å²) in [6.45, 7) is 1.81. The highest BCUT2D eigenvalue weighted by Crippen LogP contribution is 2.19. The zero-order valence-electron chi connectivity index (χ0n) is 9.71. The van der Waals surface area contributed by atoms with Crippen LogP contribution in [-0.2, 0) is 14.3 Å². The molecular weight excluding hydrogens is 234 g/mol. The second-order valence-electron chi connectivity index (χ2n) is 3.51. The van der Waals surface area contributed by atoms with Crippen LogP contribution in [0.4, 0.5) is 0 Å². The molecule has 2 rings (SSSR count). The normalized spacial score (nSPS) is 21.2. The van der Waals surface area contributed by atoms with Crippen molar-refractivity contribution in [2.75, 3.05) is 6.61 Å². The molecule has 0 saturated heterocycles. The first kappa shape index (κ1) is 11.9. The Morgan fingerprint density at radius 2 is 2.28 bits per heavy atom. The number of hydrazone groups is 1. The van der Waals surface area contributed by atoms with Gasteiger partial charge in [-0.1, -0.05) is 18.2 Å². The van der Waals surface area contributed by atoms with E-state index in [2.05, 4.69) is 10.5 Å². The fourth-order valence-corrected chi connectivity index (χ4v) is 1.44. The van der Waals surface area contributed by atoms with Crippen molar-refractivity contribution in [3.63, 3.8) is 0 Å². The Kier molecular flexibility index (Phi) is 3.15. The molecule has 1 aromatic rings. The highest BCUT2D eigenvalue weighted by molar-refractivity contribution is 5.99. The first-order valence-electron chi connectivity index (χ1n) is 5.39. The minimum atomic E-state index is -1.89. The lowest BCUT2D eigenvalue weighted by atomic mass is 10.2. The maximum atomic E-state index is 11.7. The molecule has 0 radical (unpaired) electrons. The average molecular weight is 245 g/mol. The fourth-order valence-electron chi connectivity index (χ4n) is 1.44. The van der Waals surface area contributed by atoms with E-state index in [-0.39, 0.29) is 12.5 Å². The van der Waals surface area contributed by atoms with Crippen molar-refractivity contribution in [2.24, 2.45) is 5.10 Å². The summed E-state index contributed by atoms with van der Waals surface area (Å²) < 4.78 is 10.1. The molecule has 1 unspecified atom stereocenters. The van der Waals surface area contributed by atoms with Crippen LogP contribution in [0.5, 0.6) is 0 Å². The number of nitrogens with zero attached hydrogens (tertiary/aromatic N) is 2. The van der Waals surface area contributed by atoms with Crippen LogP contribution in [-0.4, -0.2) is 24.2 Å². The molecule has 1 aliphatic rings. The first-order chi connectivity index (χ1) is 8.72. The topological polar surface area (TPSA) is 83.7 Å². The average Bonchev–Trinajstić information content (AvgIpc) is 2.86. The maximum Gasteiger partial charge on any atom is 0.390 e. The number of ether oxygens (including phenoxy) is 2. The fraction of sp³-hybridized carbons (Fsp3) is 0.250. The van der Waals surface area contributed by atoms with E-state index in [1.807, 2.05) is 6.07 Å². The van der Waals surface area contributed by atoms with Gasteiger partial charge in [-0.05, 0) is 19.1 Å². The number of hydrogen-bond donors (Lipinski definition) is 1. The summed E-state index contributed by atoms with van der Waals surface area (Å²) in [5.41, 5.74) is 1.17. The third-order valence-corrected chi connectivity index (χ3v) is 2.31. The van der Waals surface area contributed by atoms with Crippen LogP contribution in [0.1, 0.15) is 12.5 Å². The second kappa shape index (κ2) is 4.75. The van der Waals surface area contributed by atoms with Crippen LogP contribution < -0.4 is 5.43 Å². The number of esters is 1. The van der Waals surface area contributed by atoms with E-state index in [0.29, 0.717) is 5.56 Å². The van der Waals surface area contributed by atoms with E-state index in [1.54, 1.807) is 37.3 Å². The number of benzene rings is 1. The Morgan fingerprint density at radius 1 is 1.56 bits per heavy atom. The molecule has 0 amide bonds. The van der Waals surface area contributed by atoms with E-state index in [0.717, 1.165) is 0 Å². The van der Waals surface area contributed by atoms with Gasteiger partial charge in [0.1, 0.15) is 6.07 Å². The molecule has 1 aliphatic heterocycles. The Labute approximate surface area is 104 Å². The molecule has 0 fully saturated rings. The summed E-state index contributed by atoms with van der Waals surface area (Å²) in [7, 11) is 0. The number of carbonyl (C=O) groups is 1. The summed E-state index contributed by atoms with van der Waals surface area (Å²) in [5, 5.41) is 12.9. The molecule has 0 aliphatic carbocycles. The van der Waals surface area contributed by atoms with Crippen molar-refractivity contribution in [3.8, 4) is 6.07 Å². The van der Waals surface area contributed by atoms with Gasteiger partial charge in [-0.15, -0.1) is 5.10 Å². The molecule has 0 saturated carbocycles. The van der Waals surface area contributed by atoms with Gasteiger partial charge in [-0.25, -0.2) is 10.2 Å². The number of nitrogens with one attached hydrogen (secondary N) is 1. The number of hydrogen-bond acceptors (Lipinski definition) is 6. The van der Waals surface area contributed by atoms with Crippen LogP contribution >= 0.6 is 0 Å². The zero-order chi connectivity index (χ0) is 13.0. The summed E-state index contributed by atoms with van der Waals surface area (Å²) in [6.07, 6.45) is 0. The van der Waals surface area contributed by atoms with Gasteiger partial charge in [0.2, 0.25) is 5.90 Å². The molecule has 1 heterocycles. The third kappa shape index (κ3) is 1.98. The molecule has 1 atom stereocenters. The number of carbonyl (C=O) groups excluding carboxylic acids is 1. The molecule has 18 heavy (non-hydrogen) atoms. The van der Waals surface area contributed by atoms with Crippen molar-refractivity contribution >= 4 is 11.9 Å². The smallest absolute Gasteiger partial charge is 0.390 e. The standard InChI is InChI=1S/C12H11N3O3/c1-2-17-11(16)12(8-13)15-14-10(18-12)9-6-4-3-5-7-9/h3-7,15H,2H2,1H3. The van der Waals surface area contributed by atoms with Crippen molar-refractivity contribution in [3.05, 3.63) is 35.9 Å². The second-order valence-corrected chi connectivity index (χ2v) is 3.51. The zero-order valence-corrected chi connectivity index (χ0v) is 9.71. The van der Waals surface area contributed by atoms with Gasteiger partial charge in [0, 0.05) is 5.56 Å². The van der Waals surface area contributed by atoms with Crippen LogP contribution in [0.2, 0.25) is 0 Å². The van der Waals surface area contributed by atoms with Crippen LogP contribution in [0.15, 0.2) is 35.4 Å². The Bertz CT molecular complexity index is 521. The SMILES string of the molecule is CCOC(=O)C1(C#N)NN=C(c2ccccc2)O1. The molecule has 0 bridgehead atoms. The molecule has 1 aromatic carbocycles. The van der Waals surface area contributed by atoms with Gasteiger partial charge in [0.25, 0.3) is 0 Å². The largest absolute Gasteiger partial charge is 0.461 e. The number of rotatable bonds is 3. The highest BCUT2D eigenvalue weighted by Gasteiger charge is 2.48. The molecule has 6 heteroatoms. The summed E-state index contributed by atoms with van der Waals surface area (Å²) in [5.74, 6) is -0.618. The Balaban J connectivity index is 2.19. The van der Waals surface area contributed by atoms with Crippen LogP contribution in [0.3, 0.4) is 0 Å². The molecule has 0 aromatic heterocycles. The predicted molar refractivity (Wildman–Crippen MR) is 62.2 cm³/mol. The molecular formula is C12H11N3O3. The lowest BCUT2D eigenvalue weighted by molar-refractivity contribution is -0.158. The monoisotopic (exact) mass is 245 g/mol. The van der Waals surface area contributed by atoms with Crippen molar-refractivity contribution < 1.29 is 14.3 Å². The summed E-state index contributed by atoms with van der Waals surface area (Å²) >= 11 is 0. The molecule has 1 N–H and O–H groups in total. The van der Waals surface area contributed by atoms with E-state index < -0.39 is 11.7 Å². The quantitative estimate of drug-likeness (QED) is 0.794. The van der Waals surface area contributed by atoms with E-state index in [9.17, 15) is 4.79 Å². The van der Waals surface area contributed by atoms with Crippen molar-refractivity contribution in [1.29, 1.82) is 5.26 Å². The van der Waals surface area contributed by atoms with Gasteiger partial charge < -0.3 is 9.47 Å². The first-order valence-corrected chi connectivity index (χ1v) is 5.39. The van der Waals surface area contributed by atoms with E-state index >= 15 is 0 Å². The minimum absolute atomic E-state index is 0.161. The maximum absolute atomic E-state index is 11.7. The third-order valence-electron chi connectivity index (χ3n) is 2.31. The van der Waals surface area contributed by atoms with Gasteiger partial charge in [0.05, 0.1) is 6.61 Å². The van der Waals surface area contributed by atoms with Gasteiger partial charge >= 0.3 is 11.7 Å². The molecule has 6 nitrogen and oxygen atoms in total. The van der Waals surface area contributed by atoms with Gasteiger partial charge in [-0.3, -0.25) is 0 Å². The highest BCUT2D eigenvalue weighted by atomic mass is 16.6. The predicted octanol–water partition coefficient (Wildman–Crippen LogP) is 0.751. The summed E-state index contributed by atoms with van der Waals surface area (Å²) in [4.78, 5) is 11.7. The van der Waals surface area contributed by atoms with E-state index in [1.165, 1.54) is 0 Å².